The molecule has 0 fully saturated rings. The van der Waals surface area contributed by atoms with Crippen LogP contribution in [0.5, 0.6) is 0 Å². The largest absolute Gasteiger partial charge is 0.481 e. The molecule has 3 atom stereocenters. The van der Waals surface area contributed by atoms with Gasteiger partial charge in [-0.1, -0.05) is 135 Å². The maximum absolute atomic E-state index is 12.4. The van der Waals surface area contributed by atoms with Crippen LogP contribution in [0.4, 0.5) is 0 Å². The van der Waals surface area contributed by atoms with E-state index in [1.54, 1.807) is 0 Å². The van der Waals surface area contributed by atoms with E-state index in [9.17, 15) is 19.8 Å². The predicted molar refractivity (Wildman–Crippen MR) is 172 cm³/mol. The predicted octanol–water partition coefficient (Wildman–Crippen LogP) is 11.5. The fourth-order valence-electron chi connectivity index (χ4n) is 6.04. The zero-order chi connectivity index (χ0) is 29.7. The highest BCUT2D eigenvalue weighted by Crippen LogP contribution is 2.33. The van der Waals surface area contributed by atoms with Gasteiger partial charge < -0.3 is 10.2 Å². The van der Waals surface area contributed by atoms with Gasteiger partial charge in [0, 0.05) is 0 Å². The lowest BCUT2D eigenvalue weighted by molar-refractivity contribution is -0.147. The lowest BCUT2D eigenvalue weighted by Crippen LogP contribution is -2.28. The summed E-state index contributed by atoms with van der Waals surface area (Å²) >= 11 is 0. The van der Waals surface area contributed by atoms with E-state index in [-0.39, 0.29) is 5.92 Å². The molecule has 0 aliphatic heterocycles. The minimum atomic E-state index is -0.744. The smallest absolute Gasteiger partial charge is 0.306 e. The lowest BCUT2D eigenvalue weighted by atomic mass is 9.77. The third-order valence-corrected chi connectivity index (χ3v) is 8.64. The van der Waals surface area contributed by atoms with Gasteiger partial charge in [-0.2, -0.15) is 0 Å². The first-order valence-electron chi connectivity index (χ1n) is 17.1. The molecule has 234 valence electrons. The van der Waals surface area contributed by atoms with Crippen molar-refractivity contribution < 1.29 is 19.8 Å². The summed E-state index contributed by atoms with van der Waals surface area (Å²) < 4.78 is 0. The van der Waals surface area contributed by atoms with E-state index in [4.69, 9.17) is 0 Å². The molecule has 0 saturated heterocycles. The van der Waals surface area contributed by atoms with Crippen molar-refractivity contribution >= 4 is 11.9 Å². The van der Waals surface area contributed by atoms with Gasteiger partial charge in [0.15, 0.2) is 0 Å². The number of rotatable bonds is 32. The highest BCUT2D eigenvalue weighted by atomic mass is 16.4. The molecule has 0 aromatic carbocycles. The van der Waals surface area contributed by atoms with Gasteiger partial charge in [0.1, 0.15) is 0 Å². The van der Waals surface area contributed by atoms with Crippen molar-refractivity contribution in [2.75, 3.05) is 0 Å². The summed E-state index contributed by atoms with van der Waals surface area (Å²) in [6.45, 7) is 9.80. The number of carboxylic acids is 2. The molecule has 0 saturated carbocycles. The maximum atomic E-state index is 12.4. The molecule has 2 N–H and O–H groups in total. The number of carbonyl (C=O) groups is 2. The van der Waals surface area contributed by atoms with Crippen molar-refractivity contribution in [3.63, 3.8) is 0 Å². The van der Waals surface area contributed by atoms with Crippen LogP contribution in [0.1, 0.15) is 174 Å². The van der Waals surface area contributed by atoms with Crippen LogP contribution in [0.25, 0.3) is 0 Å². The van der Waals surface area contributed by atoms with Crippen LogP contribution >= 0.6 is 0 Å². The number of hydrogen-bond donors (Lipinski definition) is 2. The van der Waals surface area contributed by atoms with Crippen molar-refractivity contribution in [3.05, 3.63) is 25.3 Å². The zero-order valence-electron chi connectivity index (χ0n) is 26.4. The first-order valence-corrected chi connectivity index (χ1v) is 17.1. The van der Waals surface area contributed by atoms with Crippen molar-refractivity contribution in [1.29, 1.82) is 0 Å². The van der Waals surface area contributed by atoms with E-state index in [2.05, 4.69) is 20.1 Å². The molecular formula is C36H66O4. The summed E-state index contributed by atoms with van der Waals surface area (Å²) in [6, 6.07) is 0. The Bertz CT molecular complexity index is 614. The van der Waals surface area contributed by atoms with Gasteiger partial charge in [0.25, 0.3) is 0 Å². The molecule has 40 heavy (non-hydrogen) atoms. The summed E-state index contributed by atoms with van der Waals surface area (Å²) in [5.41, 5.74) is 0. The Morgan fingerprint density at radius 3 is 1.38 bits per heavy atom. The molecule has 0 amide bonds. The second-order valence-corrected chi connectivity index (χ2v) is 12.2. The molecule has 0 rings (SSSR count). The second kappa shape index (κ2) is 28.9. The maximum Gasteiger partial charge on any atom is 0.306 e. The van der Waals surface area contributed by atoms with E-state index < -0.39 is 23.8 Å². The van der Waals surface area contributed by atoms with Gasteiger partial charge in [-0.25, -0.2) is 0 Å². The average Bonchev–Trinajstić information content (AvgIpc) is 2.93. The second-order valence-electron chi connectivity index (χ2n) is 12.2. The van der Waals surface area contributed by atoms with Crippen LogP contribution < -0.4 is 0 Å². The van der Waals surface area contributed by atoms with Crippen molar-refractivity contribution in [2.24, 2.45) is 17.8 Å². The summed E-state index contributed by atoms with van der Waals surface area (Å²) in [5, 5.41) is 20.2. The van der Waals surface area contributed by atoms with Crippen molar-refractivity contribution in [2.45, 2.75) is 174 Å². The van der Waals surface area contributed by atoms with Crippen LogP contribution in [0, 0.1) is 17.8 Å². The van der Waals surface area contributed by atoms with Gasteiger partial charge in [0.2, 0.25) is 0 Å². The van der Waals surface area contributed by atoms with Gasteiger partial charge >= 0.3 is 11.9 Å². The molecule has 0 bridgehead atoms. The fraction of sp³-hybridized carbons (Fsp3) is 0.833. The van der Waals surface area contributed by atoms with Crippen LogP contribution in [-0.4, -0.2) is 22.2 Å². The summed E-state index contributed by atoms with van der Waals surface area (Å²) in [7, 11) is 0. The van der Waals surface area contributed by atoms with Crippen LogP contribution in [0.3, 0.4) is 0 Å². The van der Waals surface area contributed by atoms with Crippen LogP contribution in [-0.2, 0) is 9.59 Å². The summed E-state index contributed by atoms with van der Waals surface area (Å²) in [4.78, 5) is 24.6. The highest BCUT2D eigenvalue weighted by molar-refractivity contribution is 5.71. The third kappa shape index (κ3) is 23.2. The minimum absolute atomic E-state index is 0.0407. The number of carboxylic acid groups (broad SMARTS) is 2. The molecule has 0 radical (unpaired) electrons. The number of unbranched alkanes of at least 4 members (excludes halogenated alkanes) is 19. The zero-order valence-corrected chi connectivity index (χ0v) is 26.4. The number of aliphatic carboxylic acids is 2. The standard InChI is InChI=1S/C36H66O4/c1-4-7-10-13-16-17-18-21-22-25-28-32(34(36(39)40)30-27-24-20-15-12-9-6-3)31-33(35(37)38)29-26-23-19-14-11-8-5-2/h5-6,32-34H,2-4,7-31H2,1H3,(H,37,38)(H,39,40). The Morgan fingerprint density at radius 2 is 0.950 bits per heavy atom. The Hall–Kier alpha value is -1.58. The van der Waals surface area contributed by atoms with Gasteiger partial charge in [-0.3, -0.25) is 9.59 Å². The normalized spacial score (nSPS) is 13.5. The molecule has 0 spiro atoms. The number of hydrogen-bond acceptors (Lipinski definition) is 2. The molecule has 0 aromatic heterocycles. The quantitative estimate of drug-likeness (QED) is 0.0631. The SMILES string of the molecule is C=CCCCCCCCC(CC(CCCCCCCCCCCC)C(CCCCCCCC=C)C(=O)O)C(=O)O. The van der Waals surface area contributed by atoms with Crippen LogP contribution in [0.2, 0.25) is 0 Å². The van der Waals surface area contributed by atoms with Crippen molar-refractivity contribution in [3.8, 4) is 0 Å². The summed E-state index contributed by atoms with van der Waals surface area (Å²) in [5.74, 6) is -2.36. The first kappa shape index (κ1) is 38.4. The minimum Gasteiger partial charge on any atom is -0.481 e. The van der Waals surface area contributed by atoms with E-state index in [0.29, 0.717) is 19.3 Å². The average molecular weight is 563 g/mol. The monoisotopic (exact) mass is 562 g/mol. The number of allylic oxidation sites excluding steroid dienone is 2. The molecular weight excluding hydrogens is 496 g/mol. The topological polar surface area (TPSA) is 74.6 Å². The van der Waals surface area contributed by atoms with E-state index >= 15 is 0 Å². The Kier molecular flexibility index (Phi) is 27.8. The third-order valence-electron chi connectivity index (χ3n) is 8.64. The highest BCUT2D eigenvalue weighted by Gasteiger charge is 2.31. The van der Waals surface area contributed by atoms with Crippen LogP contribution in [0.15, 0.2) is 25.3 Å². The van der Waals surface area contributed by atoms with Gasteiger partial charge in [-0.15, -0.1) is 13.2 Å². The van der Waals surface area contributed by atoms with Gasteiger partial charge in [0.05, 0.1) is 11.8 Å². The summed E-state index contributed by atoms with van der Waals surface area (Å²) in [6.07, 6.45) is 32.1. The molecule has 0 heterocycles. The van der Waals surface area contributed by atoms with E-state index in [1.165, 1.54) is 64.2 Å². The Morgan fingerprint density at radius 1 is 0.550 bits per heavy atom. The fourth-order valence-corrected chi connectivity index (χ4v) is 6.04. The molecule has 0 aliphatic carbocycles. The Balaban J connectivity index is 4.86. The molecule has 0 aliphatic rings. The van der Waals surface area contributed by atoms with Gasteiger partial charge in [-0.05, 0) is 57.3 Å². The van der Waals surface area contributed by atoms with Crippen molar-refractivity contribution in [1.82, 2.24) is 0 Å². The van der Waals surface area contributed by atoms with E-state index in [0.717, 1.165) is 83.5 Å². The Labute approximate surface area is 248 Å². The molecule has 4 nitrogen and oxygen atoms in total. The molecule has 0 aromatic rings. The molecule has 4 heteroatoms. The molecule has 3 unspecified atom stereocenters. The lowest BCUT2D eigenvalue weighted by Gasteiger charge is -2.27. The first-order chi connectivity index (χ1) is 19.5. The van der Waals surface area contributed by atoms with E-state index in [1.807, 2.05) is 12.2 Å².